The van der Waals surface area contributed by atoms with Crippen LogP contribution in [-0.2, 0) is 0 Å². The van der Waals surface area contributed by atoms with Gasteiger partial charge in [-0.2, -0.15) is 18.4 Å². The number of nitriles is 1. The lowest BCUT2D eigenvalue weighted by molar-refractivity contribution is -0.133. The fourth-order valence-corrected chi connectivity index (χ4v) is 2.93. The van der Waals surface area contributed by atoms with Crippen LogP contribution in [0.3, 0.4) is 0 Å². The smallest absolute Gasteiger partial charge is 0.314 e. The predicted octanol–water partition coefficient (Wildman–Crippen LogP) is 4.03. The number of hydrogen-bond donors (Lipinski definition) is 1. The average Bonchev–Trinajstić information content (AvgIpc) is 2.30. The Morgan fingerprint density at radius 1 is 1.32 bits per heavy atom. The van der Waals surface area contributed by atoms with Crippen LogP contribution in [0.5, 0.6) is 0 Å². The molecule has 0 aromatic carbocycles. The van der Waals surface area contributed by atoms with Crippen molar-refractivity contribution in [2.75, 3.05) is 6.54 Å². The van der Waals surface area contributed by atoms with Gasteiger partial charge in [0.2, 0.25) is 0 Å². The third-order valence-electron chi connectivity index (χ3n) is 4.48. The summed E-state index contributed by atoms with van der Waals surface area (Å²) in [7, 11) is 0. The van der Waals surface area contributed by atoms with Gasteiger partial charge in [0, 0.05) is 19.0 Å². The van der Waals surface area contributed by atoms with E-state index in [-0.39, 0.29) is 18.0 Å². The molecule has 0 heterocycles. The average molecular weight is 276 g/mol. The number of halogens is 3. The monoisotopic (exact) mass is 276 g/mol. The highest BCUT2D eigenvalue weighted by Gasteiger charge is 2.37. The Kier molecular flexibility index (Phi) is 5.66. The zero-order valence-electron chi connectivity index (χ0n) is 11.7. The van der Waals surface area contributed by atoms with Crippen LogP contribution in [0.25, 0.3) is 0 Å². The highest BCUT2D eigenvalue weighted by Crippen LogP contribution is 2.45. The van der Waals surface area contributed by atoms with E-state index in [1.54, 1.807) is 0 Å². The van der Waals surface area contributed by atoms with Crippen LogP contribution in [0.15, 0.2) is 0 Å². The molecule has 0 amide bonds. The lowest BCUT2D eigenvalue weighted by atomic mass is 9.64. The summed E-state index contributed by atoms with van der Waals surface area (Å²) >= 11 is 0. The molecule has 1 fully saturated rings. The molecule has 1 aliphatic carbocycles. The second-order valence-electron chi connectivity index (χ2n) is 5.95. The standard InChI is InChI=1S/C14H23F3N2/c1-11(2)13(7-9-18)5-3-12(4-6-13)19-10-8-14(15,16)17/h11-12,19H,3-8,10H2,1-2H3. The Morgan fingerprint density at radius 3 is 2.32 bits per heavy atom. The Labute approximate surface area is 113 Å². The zero-order chi connectivity index (χ0) is 14.5. The second-order valence-corrected chi connectivity index (χ2v) is 5.95. The molecule has 0 aromatic heterocycles. The Hall–Kier alpha value is -0.760. The van der Waals surface area contributed by atoms with Crippen molar-refractivity contribution >= 4 is 0 Å². The molecule has 0 aliphatic heterocycles. The number of nitrogens with one attached hydrogen (secondary N) is 1. The van der Waals surface area contributed by atoms with Gasteiger partial charge < -0.3 is 5.32 Å². The van der Waals surface area contributed by atoms with E-state index in [9.17, 15) is 13.2 Å². The van der Waals surface area contributed by atoms with E-state index in [2.05, 4.69) is 25.2 Å². The molecule has 5 heteroatoms. The Bertz CT molecular complexity index is 310. The minimum absolute atomic E-state index is 0.00109. The van der Waals surface area contributed by atoms with Gasteiger partial charge in [-0.25, -0.2) is 0 Å². The highest BCUT2D eigenvalue weighted by molar-refractivity contribution is 4.95. The molecule has 1 N–H and O–H groups in total. The molecule has 19 heavy (non-hydrogen) atoms. The molecule has 1 rings (SSSR count). The molecular formula is C14H23F3N2. The number of alkyl halides is 3. The summed E-state index contributed by atoms with van der Waals surface area (Å²) in [6, 6.07) is 2.44. The van der Waals surface area contributed by atoms with E-state index >= 15 is 0 Å². The van der Waals surface area contributed by atoms with Gasteiger partial charge in [0.25, 0.3) is 0 Å². The number of nitrogens with zero attached hydrogens (tertiary/aromatic N) is 1. The minimum atomic E-state index is -4.08. The van der Waals surface area contributed by atoms with Crippen molar-refractivity contribution in [3.63, 3.8) is 0 Å². The van der Waals surface area contributed by atoms with Crippen molar-refractivity contribution in [3.8, 4) is 6.07 Å². The quantitative estimate of drug-likeness (QED) is 0.823. The van der Waals surface area contributed by atoms with E-state index in [0.717, 1.165) is 25.7 Å². The van der Waals surface area contributed by atoms with Crippen molar-refractivity contribution < 1.29 is 13.2 Å². The highest BCUT2D eigenvalue weighted by atomic mass is 19.4. The molecule has 0 saturated heterocycles. The summed E-state index contributed by atoms with van der Waals surface area (Å²) in [5, 5.41) is 11.9. The summed E-state index contributed by atoms with van der Waals surface area (Å²) < 4.78 is 36.2. The molecule has 0 radical (unpaired) electrons. The van der Waals surface area contributed by atoms with Crippen LogP contribution < -0.4 is 5.32 Å². The molecule has 2 nitrogen and oxygen atoms in total. The Balaban J connectivity index is 2.38. The van der Waals surface area contributed by atoms with E-state index < -0.39 is 12.6 Å². The van der Waals surface area contributed by atoms with Crippen molar-refractivity contribution in [2.45, 2.75) is 64.6 Å². The van der Waals surface area contributed by atoms with Crippen LogP contribution in [-0.4, -0.2) is 18.8 Å². The van der Waals surface area contributed by atoms with Crippen LogP contribution in [0, 0.1) is 22.7 Å². The number of hydrogen-bond acceptors (Lipinski definition) is 2. The fourth-order valence-electron chi connectivity index (χ4n) is 2.93. The van der Waals surface area contributed by atoms with Crippen LogP contribution in [0.2, 0.25) is 0 Å². The molecule has 0 bridgehead atoms. The molecule has 0 atom stereocenters. The summed E-state index contributed by atoms with van der Waals surface area (Å²) in [6.07, 6.45) is -0.680. The Morgan fingerprint density at radius 2 is 1.89 bits per heavy atom. The molecule has 1 aliphatic rings. The third-order valence-corrected chi connectivity index (χ3v) is 4.48. The molecule has 0 spiro atoms. The first-order valence-corrected chi connectivity index (χ1v) is 6.96. The van der Waals surface area contributed by atoms with Gasteiger partial charge in [-0.05, 0) is 37.0 Å². The van der Waals surface area contributed by atoms with Crippen molar-refractivity contribution in [1.82, 2.24) is 5.32 Å². The summed E-state index contributed by atoms with van der Waals surface area (Å²) in [5.41, 5.74) is 0.0664. The first-order valence-electron chi connectivity index (χ1n) is 6.96. The van der Waals surface area contributed by atoms with Crippen molar-refractivity contribution in [3.05, 3.63) is 0 Å². The first-order chi connectivity index (χ1) is 8.79. The lowest BCUT2D eigenvalue weighted by Crippen LogP contribution is -2.40. The summed E-state index contributed by atoms with van der Waals surface area (Å²) in [5.74, 6) is 0.447. The van der Waals surface area contributed by atoms with E-state index in [1.165, 1.54) is 0 Å². The van der Waals surface area contributed by atoms with Gasteiger partial charge in [0.1, 0.15) is 0 Å². The van der Waals surface area contributed by atoms with Crippen LogP contribution in [0.1, 0.15) is 52.4 Å². The zero-order valence-corrected chi connectivity index (χ0v) is 11.7. The number of rotatable bonds is 5. The maximum absolute atomic E-state index is 12.1. The van der Waals surface area contributed by atoms with Crippen LogP contribution in [0.4, 0.5) is 13.2 Å². The van der Waals surface area contributed by atoms with E-state index in [4.69, 9.17) is 5.26 Å². The lowest BCUT2D eigenvalue weighted by Gasteiger charge is -2.42. The maximum atomic E-state index is 12.1. The van der Waals surface area contributed by atoms with Crippen molar-refractivity contribution in [2.24, 2.45) is 11.3 Å². The van der Waals surface area contributed by atoms with Gasteiger partial charge in [-0.1, -0.05) is 13.8 Å². The minimum Gasteiger partial charge on any atom is -0.314 e. The van der Waals surface area contributed by atoms with Gasteiger partial charge in [-0.15, -0.1) is 0 Å². The molecule has 110 valence electrons. The maximum Gasteiger partial charge on any atom is 0.390 e. The largest absolute Gasteiger partial charge is 0.390 e. The second kappa shape index (κ2) is 6.60. The van der Waals surface area contributed by atoms with Crippen molar-refractivity contribution in [1.29, 1.82) is 5.26 Å². The normalized spacial score (nSPS) is 28.4. The molecule has 0 unspecified atom stereocenters. The molecular weight excluding hydrogens is 253 g/mol. The van der Waals surface area contributed by atoms with E-state index in [0.29, 0.717) is 12.3 Å². The van der Waals surface area contributed by atoms with E-state index in [1.807, 2.05) is 0 Å². The first kappa shape index (κ1) is 16.3. The van der Waals surface area contributed by atoms with Gasteiger partial charge in [-0.3, -0.25) is 0 Å². The topological polar surface area (TPSA) is 35.8 Å². The van der Waals surface area contributed by atoms with Crippen LogP contribution >= 0.6 is 0 Å². The van der Waals surface area contributed by atoms with Gasteiger partial charge >= 0.3 is 6.18 Å². The summed E-state index contributed by atoms with van der Waals surface area (Å²) in [4.78, 5) is 0. The molecule has 1 saturated carbocycles. The van der Waals surface area contributed by atoms with Gasteiger partial charge in [0.05, 0.1) is 12.5 Å². The SMILES string of the molecule is CC(C)C1(CC#N)CCC(NCCC(F)(F)F)CC1. The predicted molar refractivity (Wildman–Crippen MR) is 68.4 cm³/mol. The fraction of sp³-hybridized carbons (Fsp3) is 0.929. The van der Waals surface area contributed by atoms with Gasteiger partial charge in [0.15, 0.2) is 0 Å². The summed E-state index contributed by atoms with van der Waals surface area (Å²) in [6.45, 7) is 4.27. The molecule has 0 aromatic rings. The third kappa shape index (κ3) is 5.02.